The van der Waals surface area contributed by atoms with Crippen LogP contribution in [0.25, 0.3) is 0 Å². The van der Waals surface area contributed by atoms with E-state index < -0.39 is 10.0 Å². The van der Waals surface area contributed by atoms with E-state index in [0.717, 1.165) is 24.8 Å². The number of benzene rings is 2. The summed E-state index contributed by atoms with van der Waals surface area (Å²) in [7, 11) is -2.15. The second-order valence-electron chi connectivity index (χ2n) is 5.56. The summed E-state index contributed by atoms with van der Waals surface area (Å²) in [5.74, 6) is 0.452. The normalized spacial score (nSPS) is 17.6. The van der Waals surface area contributed by atoms with Crippen LogP contribution in [0.5, 0.6) is 5.75 Å². The Balaban J connectivity index is 1.89. The standard InChI is InChI=1S/C17H18ClNO3S/c1-22-17-10-9-13(11-15(17)18)23(20,21)19-16-8-4-6-12-5-2-3-7-14(12)16/h2-3,5,7,9-11,16,19H,4,6,8H2,1H3/t16-/m0/s1. The molecule has 6 heteroatoms. The van der Waals surface area contributed by atoms with Gasteiger partial charge in [0, 0.05) is 6.04 Å². The lowest BCUT2D eigenvalue weighted by Gasteiger charge is -2.26. The molecule has 1 aliphatic rings. The minimum absolute atomic E-state index is 0.145. The smallest absolute Gasteiger partial charge is 0.241 e. The SMILES string of the molecule is COc1ccc(S(=O)(=O)N[C@H]2CCCc3ccccc32)cc1Cl. The highest BCUT2D eigenvalue weighted by Crippen LogP contribution is 2.32. The number of sulfonamides is 1. The molecule has 23 heavy (non-hydrogen) atoms. The fourth-order valence-corrected chi connectivity index (χ4v) is 4.54. The van der Waals surface area contributed by atoms with Crippen LogP contribution in [-0.4, -0.2) is 15.5 Å². The Hall–Kier alpha value is -1.56. The number of nitrogens with one attached hydrogen (secondary N) is 1. The van der Waals surface area contributed by atoms with Crippen LogP contribution in [-0.2, 0) is 16.4 Å². The maximum absolute atomic E-state index is 12.7. The van der Waals surface area contributed by atoms with Crippen molar-refractivity contribution >= 4 is 21.6 Å². The van der Waals surface area contributed by atoms with Gasteiger partial charge in [-0.1, -0.05) is 35.9 Å². The number of methoxy groups -OCH3 is 1. The first-order chi connectivity index (χ1) is 11.0. The highest BCUT2D eigenvalue weighted by Gasteiger charge is 2.26. The molecule has 122 valence electrons. The molecule has 0 fully saturated rings. The molecule has 0 unspecified atom stereocenters. The van der Waals surface area contributed by atoms with Gasteiger partial charge in [-0.05, 0) is 48.6 Å². The first-order valence-electron chi connectivity index (χ1n) is 7.45. The molecular formula is C17H18ClNO3S. The Bertz CT molecular complexity index is 820. The largest absolute Gasteiger partial charge is 0.495 e. The Labute approximate surface area is 141 Å². The second-order valence-corrected chi connectivity index (χ2v) is 7.68. The van der Waals surface area contributed by atoms with Gasteiger partial charge in [0.25, 0.3) is 0 Å². The third kappa shape index (κ3) is 3.37. The van der Waals surface area contributed by atoms with Gasteiger partial charge >= 0.3 is 0 Å². The van der Waals surface area contributed by atoms with Gasteiger partial charge in [0.05, 0.1) is 17.0 Å². The van der Waals surface area contributed by atoms with Crippen molar-refractivity contribution in [3.8, 4) is 5.75 Å². The van der Waals surface area contributed by atoms with Crippen LogP contribution in [0.4, 0.5) is 0 Å². The van der Waals surface area contributed by atoms with Gasteiger partial charge in [-0.25, -0.2) is 13.1 Å². The van der Waals surface area contributed by atoms with Gasteiger partial charge in [0.15, 0.2) is 0 Å². The molecule has 2 aromatic carbocycles. The predicted octanol–water partition coefficient (Wildman–Crippen LogP) is 3.70. The van der Waals surface area contributed by atoms with Crippen molar-refractivity contribution in [3.63, 3.8) is 0 Å². The van der Waals surface area contributed by atoms with Crippen molar-refractivity contribution < 1.29 is 13.2 Å². The predicted molar refractivity (Wildman–Crippen MR) is 90.4 cm³/mol. The molecule has 1 atom stereocenters. The summed E-state index contributed by atoms with van der Waals surface area (Å²) < 4.78 is 33.2. The summed E-state index contributed by atoms with van der Waals surface area (Å²) >= 11 is 6.04. The molecule has 0 amide bonds. The Kier molecular flexibility index (Phi) is 4.62. The van der Waals surface area contributed by atoms with E-state index in [9.17, 15) is 8.42 Å². The van der Waals surface area contributed by atoms with Crippen molar-refractivity contribution in [3.05, 3.63) is 58.6 Å². The lowest BCUT2D eigenvalue weighted by molar-refractivity contribution is 0.414. The number of aryl methyl sites for hydroxylation is 1. The van der Waals surface area contributed by atoms with Crippen molar-refractivity contribution in [2.24, 2.45) is 0 Å². The molecule has 0 saturated carbocycles. The Morgan fingerprint density at radius 3 is 2.74 bits per heavy atom. The van der Waals surface area contributed by atoms with E-state index in [1.54, 1.807) is 6.07 Å². The van der Waals surface area contributed by atoms with Gasteiger partial charge in [-0.2, -0.15) is 0 Å². The molecule has 4 nitrogen and oxygen atoms in total. The number of rotatable bonds is 4. The Morgan fingerprint density at radius 1 is 1.22 bits per heavy atom. The zero-order valence-corrected chi connectivity index (χ0v) is 14.3. The minimum atomic E-state index is -3.64. The third-order valence-corrected chi connectivity index (χ3v) is 5.87. The topological polar surface area (TPSA) is 55.4 Å². The minimum Gasteiger partial charge on any atom is -0.495 e. The Morgan fingerprint density at radius 2 is 2.00 bits per heavy atom. The van der Waals surface area contributed by atoms with Crippen LogP contribution < -0.4 is 9.46 Å². The maximum Gasteiger partial charge on any atom is 0.241 e. The van der Waals surface area contributed by atoms with E-state index in [1.807, 2.05) is 18.2 Å². The summed E-state index contributed by atoms with van der Waals surface area (Å²) in [6.07, 6.45) is 2.75. The van der Waals surface area contributed by atoms with Crippen LogP contribution in [0.2, 0.25) is 5.02 Å². The third-order valence-electron chi connectivity index (χ3n) is 4.10. The zero-order chi connectivity index (χ0) is 16.4. The van der Waals surface area contributed by atoms with E-state index in [-0.39, 0.29) is 16.0 Å². The number of hydrogen-bond donors (Lipinski definition) is 1. The van der Waals surface area contributed by atoms with Gasteiger partial charge in [-0.3, -0.25) is 0 Å². The van der Waals surface area contributed by atoms with Crippen LogP contribution in [0.1, 0.15) is 30.0 Å². The van der Waals surface area contributed by atoms with Crippen molar-refractivity contribution in [2.45, 2.75) is 30.2 Å². The van der Waals surface area contributed by atoms with Crippen LogP contribution in [0.3, 0.4) is 0 Å². The van der Waals surface area contributed by atoms with Crippen molar-refractivity contribution in [1.82, 2.24) is 4.72 Å². The first kappa shape index (κ1) is 16.3. The quantitative estimate of drug-likeness (QED) is 0.913. The molecule has 0 aliphatic heterocycles. The average molecular weight is 352 g/mol. The van der Waals surface area contributed by atoms with Crippen LogP contribution >= 0.6 is 11.6 Å². The summed E-state index contributed by atoms with van der Waals surface area (Å²) in [6, 6.07) is 12.2. The molecule has 0 heterocycles. The molecule has 0 spiro atoms. The summed E-state index contributed by atoms with van der Waals surface area (Å²) in [4.78, 5) is 0.145. The van der Waals surface area contributed by atoms with E-state index in [4.69, 9.17) is 16.3 Å². The fourth-order valence-electron chi connectivity index (χ4n) is 2.95. The average Bonchev–Trinajstić information content (AvgIpc) is 2.55. The number of fused-ring (bicyclic) bond motifs is 1. The van der Waals surface area contributed by atoms with E-state index in [2.05, 4.69) is 10.8 Å². The number of hydrogen-bond acceptors (Lipinski definition) is 3. The van der Waals surface area contributed by atoms with Gasteiger partial charge in [0.2, 0.25) is 10.0 Å². The van der Waals surface area contributed by atoms with Gasteiger partial charge in [-0.15, -0.1) is 0 Å². The van der Waals surface area contributed by atoms with E-state index in [1.165, 1.54) is 24.8 Å². The molecular weight excluding hydrogens is 334 g/mol. The highest BCUT2D eigenvalue weighted by atomic mass is 35.5. The second kappa shape index (κ2) is 6.51. The highest BCUT2D eigenvalue weighted by molar-refractivity contribution is 7.89. The van der Waals surface area contributed by atoms with Gasteiger partial charge in [0.1, 0.15) is 5.75 Å². The van der Waals surface area contributed by atoms with Crippen molar-refractivity contribution in [1.29, 1.82) is 0 Å². The molecule has 1 N–H and O–H groups in total. The fraction of sp³-hybridized carbons (Fsp3) is 0.294. The number of halogens is 1. The first-order valence-corrected chi connectivity index (χ1v) is 9.31. The zero-order valence-electron chi connectivity index (χ0n) is 12.8. The maximum atomic E-state index is 12.7. The van der Waals surface area contributed by atoms with Crippen LogP contribution in [0.15, 0.2) is 47.4 Å². The molecule has 0 aromatic heterocycles. The lowest BCUT2D eigenvalue weighted by Crippen LogP contribution is -2.31. The summed E-state index contributed by atoms with van der Waals surface area (Å²) in [5, 5.41) is 0.277. The molecule has 1 aliphatic carbocycles. The monoisotopic (exact) mass is 351 g/mol. The lowest BCUT2D eigenvalue weighted by atomic mass is 9.88. The number of ether oxygens (including phenoxy) is 1. The molecule has 2 aromatic rings. The summed E-state index contributed by atoms with van der Waals surface area (Å²) in [5.41, 5.74) is 2.26. The molecule has 0 radical (unpaired) electrons. The van der Waals surface area contributed by atoms with Gasteiger partial charge < -0.3 is 4.74 Å². The molecule has 3 rings (SSSR count). The molecule has 0 saturated heterocycles. The summed E-state index contributed by atoms with van der Waals surface area (Å²) in [6.45, 7) is 0. The van der Waals surface area contributed by atoms with E-state index >= 15 is 0 Å². The van der Waals surface area contributed by atoms with Crippen molar-refractivity contribution in [2.75, 3.05) is 7.11 Å². The molecule has 0 bridgehead atoms. The van der Waals surface area contributed by atoms with Crippen LogP contribution in [0, 0.1) is 0 Å². The van der Waals surface area contributed by atoms with E-state index in [0.29, 0.717) is 5.75 Å².